The summed E-state index contributed by atoms with van der Waals surface area (Å²) in [6.45, 7) is 0. The van der Waals surface area contributed by atoms with Gasteiger partial charge in [0.25, 0.3) is 0 Å². The smallest absolute Gasteiger partial charge is 0.303 e. The summed E-state index contributed by atoms with van der Waals surface area (Å²) in [5, 5.41) is 10.2. The highest BCUT2D eigenvalue weighted by Gasteiger charge is 2.57. The summed E-state index contributed by atoms with van der Waals surface area (Å²) in [4.78, 5) is 11.1. The summed E-state index contributed by atoms with van der Waals surface area (Å²) in [7, 11) is 0. The van der Waals surface area contributed by atoms with Gasteiger partial charge < -0.3 is 5.11 Å². The molecule has 0 aromatic heterocycles. The van der Waals surface area contributed by atoms with Gasteiger partial charge in [0.1, 0.15) is 0 Å². The third-order valence-electron chi connectivity index (χ3n) is 5.11. The Morgan fingerprint density at radius 2 is 1.75 bits per heavy atom. The van der Waals surface area contributed by atoms with Crippen molar-refractivity contribution in [1.29, 1.82) is 0 Å². The molecule has 0 aromatic rings. The van der Waals surface area contributed by atoms with Crippen molar-refractivity contribution in [3.8, 4) is 0 Å². The van der Waals surface area contributed by atoms with Crippen molar-refractivity contribution in [3.05, 3.63) is 0 Å². The Morgan fingerprint density at radius 1 is 1.19 bits per heavy atom. The quantitative estimate of drug-likeness (QED) is 0.807. The molecule has 4 aliphatic rings. The number of hydrogen-bond donors (Lipinski definition) is 1. The van der Waals surface area contributed by atoms with Crippen LogP contribution in [0, 0.1) is 22.7 Å². The third kappa shape index (κ3) is 1.62. The summed E-state index contributed by atoms with van der Waals surface area (Å²) in [5.74, 6) is 1.04. The van der Waals surface area contributed by atoms with E-state index in [1.54, 1.807) is 0 Å². The van der Waals surface area contributed by atoms with Crippen molar-refractivity contribution >= 4 is 21.9 Å². The molecule has 2 nitrogen and oxygen atoms in total. The topological polar surface area (TPSA) is 37.3 Å². The highest BCUT2D eigenvalue weighted by molar-refractivity contribution is 9.09. The summed E-state index contributed by atoms with van der Waals surface area (Å²) >= 11 is 3.68. The lowest BCUT2D eigenvalue weighted by Gasteiger charge is -2.61. The fourth-order valence-electron chi connectivity index (χ4n) is 5.33. The van der Waals surface area contributed by atoms with Crippen LogP contribution < -0.4 is 0 Å². The maximum atomic E-state index is 11.1. The number of aliphatic carboxylic acids is 1. The zero-order chi connectivity index (χ0) is 11.4. The van der Waals surface area contributed by atoms with Crippen LogP contribution in [0.3, 0.4) is 0 Å². The lowest BCUT2D eigenvalue weighted by atomic mass is 9.44. The van der Waals surface area contributed by atoms with E-state index < -0.39 is 5.97 Å². The van der Waals surface area contributed by atoms with Crippen LogP contribution in [0.4, 0.5) is 0 Å². The van der Waals surface area contributed by atoms with E-state index in [1.807, 2.05) is 0 Å². The van der Waals surface area contributed by atoms with E-state index >= 15 is 0 Å². The molecule has 3 heteroatoms. The van der Waals surface area contributed by atoms with Crippen LogP contribution in [0.1, 0.15) is 44.9 Å². The average Bonchev–Trinajstić information content (AvgIpc) is 2.13. The van der Waals surface area contributed by atoms with Crippen molar-refractivity contribution < 1.29 is 9.90 Å². The Labute approximate surface area is 105 Å². The summed E-state index contributed by atoms with van der Waals surface area (Å²) in [5.41, 5.74) is 0.600. The summed E-state index contributed by atoms with van der Waals surface area (Å²) in [6.07, 6.45) is 8.00. The first-order valence-electron chi connectivity index (χ1n) is 6.33. The van der Waals surface area contributed by atoms with E-state index in [0.29, 0.717) is 11.8 Å². The Kier molecular flexibility index (Phi) is 2.40. The van der Waals surface area contributed by atoms with Gasteiger partial charge in [-0.25, -0.2) is 0 Å². The van der Waals surface area contributed by atoms with Gasteiger partial charge in [-0.1, -0.05) is 15.9 Å². The highest BCUT2D eigenvalue weighted by Crippen LogP contribution is 2.66. The Hall–Kier alpha value is -0.0500. The van der Waals surface area contributed by atoms with E-state index in [4.69, 9.17) is 5.11 Å². The van der Waals surface area contributed by atoms with Crippen LogP contribution in [0.25, 0.3) is 0 Å². The van der Waals surface area contributed by atoms with E-state index in [9.17, 15) is 4.79 Å². The lowest BCUT2D eigenvalue weighted by Crippen LogP contribution is -2.53. The van der Waals surface area contributed by atoms with Gasteiger partial charge in [0, 0.05) is 5.33 Å². The van der Waals surface area contributed by atoms with E-state index in [-0.39, 0.29) is 5.41 Å². The zero-order valence-electron chi connectivity index (χ0n) is 9.54. The van der Waals surface area contributed by atoms with Gasteiger partial charge in [-0.2, -0.15) is 0 Å². The van der Waals surface area contributed by atoms with Crippen LogP contribution in [0.5, 0.6) is 0 Å². The molecule has 4 bridgehead atoms. The second-order valence-corrected chi connectivity index (χ2v) is 7.23. The molecular weight excluding hydrogens is 268 g/mol. The molecule has 4 saturated carbocycles. The second-order valence-electron chi connectivity index (χ2n) is 6.67. The van der Waals surface area contributed by atoms with E-state index in [0.717, 1.165) is 23.6 Å². The number of halogens is 1. The second kappa shape index (κ2) is 3.47. The molecule has 16 heavy (non-hydrogen) atoms. The SMILES string of the molecule is O=C(O)CC12CC3CC(CC(CBr)(C3)C1)C2. The minimum Gasteiger partial charge on any atom is -0.481 e. The summed E-state index contributed by atoms with van der Waals surface area (Å²) < 4.78 is 0. The minimum absolute atomic E-state index is 0.156. The molecule has 2 unspecified atom stereocenters. The first kappa shape index (κ1) is 11.1. The molecule has 90 valence electrons. The zero-order valence-corrected chi connectivity index (χ0v) is 11.1. The molecule has 0 aliphatic heterocycles. The van der Waals surface area contributed by atoms with Gasteiger partial charge in [0.15, 0.2) is 0 Å². The Balaban J connectivity index is 1.89. The van der Waals surface area contributed by atoms with Crippen molar-refractivity contribution in [2.45, 2.75) is 44.9 Å². The fourth-order valence-corrected chi connectivity index (χ4v) is 5.99. The van der Waals surface area contributed by atoms with E-state index in [1.165, 1.54) is 32.1 Å². The third-order valence-corrected chi connectivity index (χ3v) is 6.30. The van der Waals surface area contributed by atoms with Crippen LogP contribution in [-0.4, -0.2) is 16.4 Å². The molecule has 4 aliphatic carbocycles. The van der Waals surface area contributed by atoms with Gasteiger partial charge in [-0.05, 0) is 61.2 Å². The van der Waals surface area contributed by atoms with E-state index in [2.05, 4.69) is 15.9 Å². The van der Waals surface area contributed by atoms with Crippen LogP contribution in [-0.2, 0) is 4.79 Å². The molecular formula is C13H19BrO2. The first-order chi connectivity index (χ1) is 7.55. The molecule has 0 saturated heterocycles. The highest BCUT2D eigenvalue weighted by atomic mass is 79.9. The Bertz CT molecular complexity index is 312. The van der Waals surface area contributed by atoms with Gasteiger partial charge in [0.05, 0.1) is 6.42 Å². The summed E-state index contributed by atoms with van der Waals surface area (Å²) in [6, 6.07) is 0. The van der Waals surface area contributed by atoms with Gasteiger partial charge in [-0.3, -0.25) is 4.79 Å². The van der Waals surface area contributed by atoms with Crippen LogP contribution in [0.15, 0.2) is 0 Å². The first-order valence-corrected chi connectivity index (χ1v) is 7.45. The fraction of sp³-hybridized carbons (Fsp3) is 0.923. The minimum atomic E-state index is -0.591. The molecule has 2 atom stereocenters. The predicted octanol–water partition coefficient (Wildman–Crippen LogP) is 3.44. The molecule has 4 rings (SSSR count). The molecule has 0 aromatic carbocycles. The Morgan fingerprint density at radius 3 is 2.25 bits per heavy atom. The monoisotopic (exact) mass is 286 g/mol. The average molecular weight is 287 g/mol. The molecule has 0 amide bonds. The van der Waals surface area contributed by atoms with Crippen molar-refractivity contribution in [2.24, 2.45) is 22.7 Å². The maximum Gasteiger partial charge on any atom is 0.303 e. The maximum absolute atomic E-state index is 11.1. The number of carbonyl (C=O) groups is 1. The number of hydrogen-bond acceptors (Lipinski definition) is 1. The molecule has 0 radical (unpaired) electrons. The van der Waals surface area contributed by atoms with Crippen molar-refractivity contribution in [2.75, 3.05) is 5.33 Å². The number of carboxylic acids is 1. The number of alkyl halides is 1. The molecule has 0 heterocycles. The predicted molar refractivity (Wildman–Crippen MR) is 65.6 cm³/mol. The number of carboxylic acid groups (broad SMARTS) is 1. The molecule has 4 fully saturated rings. The van der Waals surface area contributed by atoms with Crippen molar-refractivity contribution in [1.82, 2.24) is 0 Å². The molecule has 0 spiro atoms. The normalized spacial score (nSPS) is 49.6. The van der Waals surface area contributed by atoms with Gasteiger partial charge >= 0.3 is 5.97 Å². The van der Waals surface area contributed by atoms with Gasteiger partial charge in [-0.15, -0.1) is 0 Å². The van der Waals surface area contributed by atoms with Crippen molar-refractivity contribution in [3.63, 3.8) is 0 Å². The largest absolute Gasteiger partial charge is 0.481 e. The van der Waals surface area contributed by atoms with Crippen LogP contribution >= 0.6 is 15.9 Å². The van der Waals surface area contributed by atoms with Crippen LogP contribution in [0.2, 0.25) is 0 Å². The lowest BCUT2D eigenvalue weighted by molar-refractivity contribution is -0.150. The standard InChI is InChI=1S/C13H19BrO2/c14-8-13-4-9-1-10(5-13)3-12(2-9,7-13)6-11(15)16/h9-10H,1-8H2,(H,15,16). The number of rotatable bonds is 3. The molecule has 1 N–H and O–H groups in total. The van der Waals surface area contributed by atoms with Gasteiger partial charge in [0.2, 0.25) is 0 Å².